The molecule has 0 spiro atoms. The van der Waals surface area contributed by atoms with Gasteiger partial charge < -0.3 is 9.09 Å². The van der Waals surface area contributed by atoms with Gasteiger partial charge in [-0.25, -0.2) is 13.1 Å². The van der Waals surface area contributed by atoms with E-state index in [1.165, 1.54) is 0 Å². The number of nitrogens with zero attached hydrogens (tertiary/aromatic N) is 3. The second-order valence-corrected chi connectivity index (χ2v) is 7.53. The summed E-state index contributed by atoms with van der Waals surface area (Å²) in [5, 5.41) is 3.81. The standard InChI is InChI=1S/C16H16N4O3S/c21-24(22,19-12-7-8-12)11-15-17-16(23-18-15)13-5-1-2-6-14(13)20-9-3-4-10-20/h1-6,9-10,12,19H,7-8,11H2. The van der Waals surface area contributed by atoms with Crippen LogP contribution in [0.3, 0.4) is 0 Å². The Morgan fingerprint density at radius 2 is 1.92 bits per heavy atom. The maximum Gasteiger partial charge on any atom is 0.260 e. The molecular weight excluding hydrogens is 328 g/mol. The molecule has 7 nitrogen and oxygen atoms in total. The lowest BCUT2D eigenvalue weighted by molar-refractivity contribution is 0.424. The third-order valence-corrected chi connectivity index (χ3v) is 5.06. The molecule has 1 aliphatic carbocycles. The number of hydrogen-bond donors (Lipinski definition) is 1. The van der Waals surface area contributed by atoms with Gasteiger partial charge in [0.25, 0.3) is 5.89 Å². The van der Waals surface area contributed by atoms with Crippen LogP contribution in [0.15, 0.2) is 53.3 Å². The SMILES string of the molecule is O=S(=O)(Cc1noc(-c2ccccc2-n2cccc2)n1)NC1CC1. The number of nitrogens with one attached hydrogen (secondary N) is 1. The molecule has 0 radical (unpaired) electrons. The van der Waals surface area contributed by atoms with Crippen LogP contribution in [0, 0.1) is 0 Å². The van der Waals surface area contributed by atoms with E-state index in [-0.39, 0.29) is 17.6 Å². The minimum atomic E-state index is -3.43. The summed E-state index contributed by atoms with van der Waals surface area (Å²) in [6.07, 6.45) is 5.61. The Bertz CT molecular complexity index is 943. The van der Waals surface area contributed by atoms with Crippen LogP contribution in [-0.4, -0.2) is 29.2 Å². The second-order valence-electron chi connectivity index (χ2n) is 5.77. The molecule has 0 atom stereocenters. The molecular formula is C16H16N4O3S. The average molecular weight is 344 g/mol. The van der Waals surface area contributed by atoms with Gasteiger partial charge >= 0.3 is 0 Å². The van der Waals surface area contributed by atoms with E-state index in [4.69, 9.17) is 4.52 Å². The van der Waals surface area contributed by atoms with Crippen molar-refractivity contribution in [3.63, 3.8) is 0 Å². The van der Waals surface area contributed by atoms with Crippen molar-refractivity contribution in [3.8, 4) is 17.1 Å². The molecule has 1 fully saturated rings. The molecule has 0 amide bonds. The van der Waals surface area contributed by atoms with E-state index >= 15 is 0 Å². The van der Waals surface area contributed by atoms with Gasteiger partial charge in [0.1, 0.15) is 5.75 Å². The molecule has 124 valence electrons. The lowest BCUT2D eigenvalue weighted by atomic mass is 10.1. The largest absolute Gasteiger partial charge is 0.334 e. The van der Waals surface area contributed by atoms with Gasteiger partial charge in [-0.15, -0.1) is 0 Å². The fourth-order valence-electron chi connectivity index (χ4n) is 2.46. The summed E-state index contributed by atoms with van der Waals surface area (Å²) >= 11 is 0. The summed E-state index contributed by atoms with van der Waals surface area (Å²) in [6.45, 7) is 0. The van der Waals surface area contributed by atoms with Crippen LogP contribution < -0.4 is 4.72 Å². The molecule has 0 aliphatic heterocycles. The van der Waals surface area contributed by atoms with Crippen molar-refractivity contribution in [3.05, 3.63) is 54.6 Å². The fourth-order valence-corrected chi connectivity index (χ4v) is 3.75. The molecule has 4 rings (SSSR count). The molecule has 8 heteroatoms. The maximum atomic E-state index is 12.0. The quantitative estimate of drug-likeness (QED) is 0.740. The van der Waals surface area contributed by atoms with Crippen LogP contribution in [-0.2, 0) is 15.8 Å². The lowest BCUT2D eigenvalue weighted by Gasteiger charge is -2.06. The van der Waals surface area contributed by atoms with E-state index in [0.29, 0.717) is 5.89 Å². The molecule has 1 N–H and O–H groups in total. The highest BCUT2D eigenvalue weighted by Gasteiger charge is 2.28. The first-order valence-corrected chi connectivity index (χ1v) is 9.31. The Balaban J connectivity index is 1.61. The first-order chi connectivity index (χ1) is 11.6. The minimum absolute atomic E-state index is 0.0656. The Labute approximate surface area is 139 Å². The van der Waals surface area contributed by atoms with E-state index in [1.807, 2.05) is 53.4 Å². The predicted octanol–water partition coefficient (Wildman–Crippen LogP) is 2.11. The Morgan fingerprint density at radius 3 is 2.67 bits per heavy atom. The molecule has 3 aromatic rings. The zero-order valence-corrected chi connectivity index (χ0v) is 13.6. The smallest absolute Gasteiger partial charge is 0.260 e. The monoisotopic (exact) mass is 344 g/mol. The third kappa shape index (κ3) is 3.24. The Hall–Kier alpha value is -2.45. The summed E-state index contributed by atoms with van der Waals surface area (Å²) < 4.78 is 33.9. The molecule has 0 bridgehead atoms. The van der Waals surface area contributed by atoms with Gasteiger partial charge in [-0.1, -0.05) is 17.3 Å². The minimum Gasteiger partial charge on any atom is -0.334 e. The number of rotatable bonds is 6. The predicted molar refractivity (Wildman–Crippen MR) is 87.8 cm³/mol. The van der Waals surface area contributed by atoms with Gasteiger partial charge in [0, 0.05) is 18.4 Å². The molecule has 0 saturated heterocycles. The normalized spacial score (nSPS) is 14.8. The molecule has 24 heavy (non-hydrogen) atoms. The number of aromatic nitrogens is 3. The van der Waals surface area contributed by atoms with Crippen molar-refractivity contribution in [2.24, 2.45) is 0 Å². The van der Waals surface area contributed by atoms with Crippen molar-refractivity contribution in [1.82, 2.24) is 19.4 Å². The van der Waals surface area contributed by atoms with E-state index in [1.54, 1.807) is 0 Å². The van der Waals surface area contributed by atoms with Crippen LogP contribution in [0.1, 0.15) is 18.7 Å². The summed E-state index contributed by atoms with van der Waals surface area (Å²) in [4.78, 5) is 4.25. The summed E-state index contributed by atoms with van der Waals surface area (Å²) in [5.74, 6) is 0.176. The maximum absolute atomic E-state index is 12.0. The Kier molecular flexibility index (Phi) is 3.70. The number of benzene rings is 1. The van der Waals surface area contributed by atoms with Crippen LogP contribution >= 0.6 is 0 Å². The van der Waals surface area contributed by atoms with E-state index in [0.717, 1.165) is 24.1 Å². The molecule has 1 aliphatic rings. The molecule has 1 aromatic carbocycles. The van der Waals surface area contributed by atoms with Crippen LogP contribution in [0.2, 0.25) is 0 Å². The van der Waals surface area contributed by atoms with E-state index in [2.05, 4.69) is 14.9 Å². The van der Waals surface area contributed by atoms with E-state index < -0.39 is 10.0 Å². The number of hydrogen-bond acceptors (Lipinski definition) is 5. The van der Waals surface area contributed by atoms with Crippen LogP contribution in [0.4, 0.5) is 0 Å². The lowest BCUT2D eigenvalue weighted by Crippen LogP contribution is -2.27. The van der Waals surface area contributed by atoms with Crippen LogP contribution in [0.5, 0.6) is 0 Å². The number of para-hydroxylation sites is 1. The van der Waals surface area contributed by atoms with Crippen LogP contribution in [0.25, 0.3) is 17.1 Å². The summed E-state index contributed by atoms with van der Waals surface area (Å²) in [5.41, 5.74) is 1.64. The highest BCUT2D eigenvalue weighted by molar-refractivity contribution is 7.88. The summed E-state index contributed by atoms with van der Waals surface area (Å²) in [7, 11) is -3.43. The topological polar surface area (TPSA) is 90.0 Å². The van der Waals surface area contributed by atoms with Gasteiger partial charge in [-0.05, 0) is 37.1 Å². The van der Waals surface area contributed by atoms with Crippen molar-refractivity contribution in [2.75, 3.05) is 0 Å². The molecule has 2 aromatic heterocycles. The average Bonchev–Trinajstić information content (AvgIpc) is 3.04. The van der Waals surface area contributed by atoms with Gasteiger partial charge in [0.2, 0.25) is 10.0 Å². The third-order valence-electron chi connectivity index (χ3n) is 3.73. The van der Waals surface area contributed by atoms with Crippen molar-refractivity contribution in [2.45, 2.75) is 24.6 Å². The van der Waals surface area contributed by atoms with Crippen molar-refractivity contribution < 1.29 is 12.9 Å². The van der Waals surface area contributed by atoms with E-state index in [9.17, 15) is 8.42 Å². The zero-order chi connectivity index (χ0) is 16.6. The fraction of sp³-hybridized carbons (Fsp3) is 0.250. The molecule has 2 heterocycles. The van der Waals surface area contributed by atoms with Crippen molar-refractivity contribution in [1.29, 1.82) is 0 Å². The highest BCUT2D eigenvalue weighted by atomic mass is 32.2. The molecule has 0 unspecified atom stereocenters. The van der Waals surface area contributed by atoms with Gasteiger partial charge in [-0.3, -0.25) is 0 Å². The Morgan fingerprint density at radius 1 is 1.17 bits per heavy atom. The highest BCUT2D eigenvalue weighted by Crippen LogP contribution is 2.26. The first kappa shape index (κ1) is 15.1. The van der Waals surface area contributed by atoms with Gasteiger partial charge in [0.05, 0.1) is 11.3 Å². The molecule has 1 saturated carbocycles. The second kappa shape index (κ2) is 5.88. The van der Waals surface area contributed by atoms with Gasteiger partial charge in [0.15, 0.2) is 5.82 Å². The summed E-state index contributed by atoms with van der Waals surface area (Å²) in [6, 6.07) is 11.5. The zero-order valence-electron chi connectivity index (χ0n) is 12.8. The number of sulfonamides is 1. The first-order valence-electron chi connectivity index (χ1n) is 7.66. The van der Waals surface area contributed by atoms with Crippen molar-refractivity contribution >= 4 is 10.0 Å². The van der Waals surface area contributed by atoms with Gasteiger partial charge in [-0.2, -0.15) is 4.98 Å².